The molecule has 0 aromatic heterocycles. The number of carbonyl (C=O) groups is 2. The zero-order chi connectivity index (χ0) is 15.9. The zero-order valence-electron chi connectivity index (χ0n) is 12.5. The van der Waals surface area contributed by atoms with Crippen LogP contribution in [0.25, 0.3) is 16.7 Å². The number of allylic oxidation sites excluding steroid dienone is 1. The van der Waals surface area contributed by atoms with Crippen LogP contribution in [-0.4, -0.2) is 17.4 Å². The molecule has 3 nitrogen and oxygen atoms in total. The topological polar surface area (TPSA) is 54.4 Å². The predicted octanol–water partition coefficient (Wildman–Crippen LogP) is 3.97. The highest BCUT2D eigenvalue weighted by Crippen LogP contribution is 2.24. The van der Waals surface area contributed by atoms with Crippen LogP contribution in [0.4, 0.5) is 0 Å². The van der Waals surface area contributed by atoms with Crippen LogP contribution in [0.15, 0.2) is 54.6 Å². The largest absolute Gasteiger partial charge is 0.478 e. The summed E-state index contributed by atoms with van der Waals surface area (Å²) in [6, 6.07) is 15.9. The van der Waals surface area contributed by atoms with Crippen LogP contribution >= 0.6 is 0 Å². The van der Waals surface area contributed by atoms with Crippen molar-refractivity contribution in [3.8, 4) is 11.1 Å². The van der Waals surface area contributed by atoms with Crippen molar-refractivity contribution in [2.75, 3.05) is 0 Å². The quantitative estimate of drug-likeness (QED) is 0.648. The van der Waals surface area contributed by atoms with Gasteiger partial charge in [-0.05, 0) is 47.2 Å². The Morgan fingerprint density at radius 1 is 1.09 bits per heavy atom. The Morgan fingerprint density at radius 3 is 2.45 bits per heavy atom. The summed E-state index contributed by atoms with van der Waals surface area (Å²) in [5.41, 5.74) is 4.81. The lowest BCUT2D eigenvalue weighted by Crippen LogP contribution is -1.91. The van der Waals surface area contributed by atoms with Crippen LogP contribution in [0.1, 0.15) is 24.5 Å². The predicted molar refractivity (Wildman–Crippen MR) is 87.5 cm³/mol. The summed E-state index contributed by atoms with van der Waals surface area (Å²) < 4.78 is 0. The fraction of sp³-hybridized carbons (Fsp3) is 0.158. The summed E-state index contributed by atoms with van der Waals surface area (Å²) in [5.74, 6) is -0.946. The monoisotopic (exact) mass is 294 g/mol. The van der Waals surface area contributed by atoms with Crippen LogP contribution in [0, 0.1) is 0 Å². The SMILES string of the molecule is C/C(=C\C(=O)O)c1cccc(-c2cccc(CCC=O)c2)c1. The van der Waals surface area contributed by atoms with Gasteiger partial charge in [0, 0.05) is 12.5 Å². The molecule has 0 unspecified atom stereocenters. The molecule has 2 aromatic rings. The van der Waals surface area contributed by atoms with Crippen molar-refractivity contribution in [2.24, 2.45) is 0 Å². The summed E-state index contributed by atoms with van der Waals surface area (Å²) in [7, 11) is 0. The molecular formula is C19H18O3. The van der Waals surface area contributed by atoms with E-state index in [2.05, 4.69) is 6.07 Å². The van der Waals surface area contributed by atoms with E-state index in [-0.39, 0.29) is 0 Å². The molecule has 2 aromatic carbocycles. The van der Waals surface area contributed by atoms with Crippen molar-refractivity contribution in [3.05, 3.63) is 65.7 Å². The van der Waals surface area contributed by atoms with E-state index in [0.717, 1.165) is 35.0 Å². The van der Waals surface area contributed by atoms with Gasteiger partial charge in [0.05, 0.1) is 0 Å². The first kappa shape index (κ1) is 15.7. The van der Waals surface area contributed by atoms with E-state index in [1.807, 2.05) is 42.5 Å². The van der Waals surface area contributed by atoms with E-state index in [9.17, 15) is 9.59 Å². The highest BCUT2D eigenvalue weighted by molar-refractivity contribution is 5.90. The third kappa shape index (κ3) is 4.16. The first-order chi connectivity index (χ1) is 10.6. The molecule has 0 atom stereocenters. The molecule has 0 aliphatic heterocycles. The number of aryl methyl sites for hydroxylation is 1. The van der Waals surface area contributed by atoms with E-state index in [1.54, 1.807) is 6.92 Å². The smallest absolute Gasteiger partial charge is 0.328 e. The molecule has 2 rings (SSSR count). The Hall–Kier alpha value is -2.68. The standard InChI is InChI=1S/C19H18O3/c1-14(11-19(21)22)16-7-3-9-18(13-16)17-8-2-5-15(12-17)6-4-10-20/h2-3,5,7-13H,4,6H2,1H3,(H,21,22)/b14-11+. The minimum Gasteiger partial charge on any atom is -0.478 e. The van der Waals surface area contributed by atoms with E-state index in [4.69, 9.17) is 5.11 Å². The molecule has 0 fully saturated rings. The van der Waals surface area contributed by atoms with Crippen LogP contribution < -0.4 is 0 Å². The van der Waals surface area contributed by atoms with Gasteiger partial charge >= 0.3 is 5.97 Å². The maximum atomic E-state index is 10.8. The molecule has 112 valence electrons. The number of aldehydes is 1. The Morgan fingerprint density at radius 2 is 1.77 bits per heavy atom. The van der Waals surface area contributed by atoms with Gasteiger partial charge in [0.1, 0.15) is 6.29 Å². The molecule has 22 heavy (non-hydrogen) atoms. The second kappa shape index (κ2) is 7.36. The highest BCUT2D eigenvalue weighted by Gasteiger charge is 2.03. The van der Waals surface area contributed by atoms with Gasteiger partial charge < -0.3 is 9.90 Å². The molecule has 3 heteroatoms. The molecule has 0 spiro atoms. The number of carbonyl (C=O) groups excluding carboxylic acids is 1. The summed E-state index contributed by atoms with van der Waals surface area (Å²) in [6.07, 6.45) is 3.38. The first-order valence-electron chi connectivity index (χ1n) is 7.15. The lowest BCUT2D eigenvalue weighted by molar-refractivity contribution is -0.131. The van der Waals surface area contributed by atoms with Gasteiger partial charge in [-0.2, -0.15) is 0 Å². The number of aliphatic carboxylic acids is 1. The van der Waals surface area contributed by atoms with E-state index in [1.165, 1.54) is 6.08 Å². The van der Waals surface area contributed by atoms with Gasteiger partial charge in [-0.3, -0.25) is 0 Å². The molecule has 0 saturated heterocycles. The number of hydrogen-bond acceptors (Lipinski definition) is 2. The molecular weight excluding hydrogens is 276 g/mol. The number of benzene rings is 2. The second-order valence-electron chi connectivity index (χ2n) is 5.15. The van der Waals surface area contributed by atoms with Gasteiger partial charge in [-0.15, -0.1) is 0 Å². The summed E-state index contributed by atoms with van der Waals surface area (Å²) >= 11 is 0. The molecule has 0 saturated carbocycles. The van der Waals surface area contributed by atoms with Crippen molar-refractivity contribution in [2.45, 2.75) is 19.8 Å². The Balaban J connectivity index is 2.33. The van der Waals surface area contributed by atoms with E-state index in [0.29, 0.717) is 12.0 Å². The Bertz CT molecular complexity index is 714. The van der Waals surface area contributed by atoms with Crippen molar-refractivity contribution < 1.29 is 14.7 Å². The Labute approximate surface area is 129 Å². The fourth-order valence-corrected chi connectivity index (χ4v) is 2.34. The average Bonchev–Trinajstić information content (AvgIpc) is 2.52. The van der Waals surface area contributed by atoms with Gasteiger partial charge in [0.25, 0.3) is 0 Å². The van der Waals surface area contributed by atoms with Crippen LogP contribution in [0.2, 0.25) is 0 Å². The van der Waals surface area contributed by atoms with E-state index >= 15 is 0 Å². The van der Waals surface area contributed by atoms with E-state index < -0.39 is 5.97 Å². The number of carboxylic acids is 1. The van der Waals surface area contributed by atoms with Gasteiger partial charge in [0.15, 0.2) is 0 Å². The summed E-state index contributed by atoms with van der Waals surface area (Å²) in [4.78, 5) is 21.3. The van der Waals surface area contributed by atoms with Crippen molar-refractivity contribution in [1.82, 2.24) is 0 Å². The maximum Gasteiger partial charge on any atom is 0.328 e. The number of hydrogen-bond donors (Lipinski definition) is 1. The second-order valence-corrected chi connectivity index (χ2v) is 5.15. The molecule has 0 radical (unpaired) electrons. The molecule has 0 amide bonds. The highest BCUT2D eigenvalue weighted by atomic mass is 16.4. The lowest BCUT2D eigenvalue weighted by atomic mass is 9.97. The third-order valence-corrected chi connectivity index (χ3v) is 3.47. The van der Waals surface area contributed by atoms with Crippen LogP contribution in [0.5, 0.6) is 0 Å². The van der Waals surface area contributed by atoms with Crippen molar-refractivity contribution in [1.29, 1.82) is 0 Å². The third-order valence-electron chi connectivity index (χ3n) is 3.47. The molecule has 1 N–H and O–H groups in total. The van der Waals surface area contributed by atoms with Gasteiger partial charge in [-0.25, -0.2) is 4.79 Å². The van der Waals surface area contributed by atoms with Crippen LogP contribution in [0.3, 0.4) is 0 Å². The van der Waals surface area contributed by atoms with Crippen molar-refractivity contribution >= 4 is 17.8 Å². The average molecular weight is 294 g/mol. The Kier molecular flexibility index (Phi) is 5.26. The lowest BCUT2D eigenvalue weighted by Gasteiger charge is -2.07. The summed E-state index contributed by atoms with van der Waals surface area (Å²) in [6.45, 7) is 1.79. The number of carboxylic acid groups (broad SMARTS) is 1. The maximum absolute atomic E-state index is 10.8. The molecule has 0 aliphatic rings. The van der Waals surface area contributed by atoms with Crippen LogP contribution in [-0.2, 0) is 16.0 Å². The molecule has 0 bridgehead atoms. The normalized spacial score (nSPS) is 11.2. The zero-order valence-corrected chi connectivity index (χ0v) is 12.5. The minimum atomic E-state index is -0.946. The minimum absolute atomic E-state index is 0.518. The van der Waals surface area contributed by atoms with Gasteiger partial charge in [0.2, 0.25) is 0 Å². The molecule has 0 heterocycles. The van der Waals surface area contributed by atoms with Crippen molar-refractivity contribution in [3.63, 3.8) is 0 Å². The summed E-state index contributed by atoms with van der Waals surface area (Å²) in [5, 5.41) is 8.85. The van der Waals surface area contributed by atoms with Gasteiger partial charge in [-0.1, -0.05) is 42.5 Å². The molecule has 0 aliphatic carbocycles. The fourth-order valence-electron chi connectivity index (χ4n) is 2.34. The number of rotatable bonds is 6. The first-order valence-corrected chi connectivity index (χ1v) is 7.15.